The Bertz CT molecular complexity index is 832. The third kappa shape index (κ3) is 2.72. The van der Waals surface area contributed by atoms with Crippen molar-refractivity contribution < 1.29 is 9.13 Å². The van der Waals surface area contributed by atoms with Gasteiger partial charge in [-0.2, -0.15) is 10.4 Å². The summed E-state index contributed by atoms with van der Waals surface area (Å²) in [7, 11) is 1.69. The lowest BCUT2D eigenvalue weighted by Crippen LogP contribution is -2.15. The van der Waals surface area contributed by atoms with E-state index in [4.69, 9.17) is 16.3 Å². The number of halogens is 3. The van der Waals surface area contributed by atoms with Crippen LogP contribution in [0.25, 0.3) is 11.3 Å². The van der Waals surface area contributed by atoms with Crippen LogP contribution >= 0.6 is 34.2 Å². The van der Waals surface area contributed by atoms with Crippen LogP contribution in [-0.4, -0.2) is 15.4 Å². The molecular formula is C16H12ClFIN3O. The van der Waals surface area contributed by atoms with Crippen molar-refractivity contribution in [2.24, 2.45) is 7.05 Å². The van der Waals surface area contributed by atoms with Crippen LogP contribution in [0.4, 0.5) is 4.39 Å². The fraction of sp³-hybridized carbons (Fsp3) is 0.250. The lowest BCUT2D eigenvalue weighted by molar-refractivity contribution is 0.229. The Morgan fingerprint density at radius 1 is 1.61 bits per heavy atom. The number of nitrogens with zero attached hydrogens (tertiary/aromatic N) is 3. The summed E-state index contributed by atoms with van der Waals surface area (Å²) in [4.78, 5) is 0. The molecule has 3 rings (SSSR count). The van der Waals surface area contributed by atoms with E-state index in [0.717, 1.165) is 16.4 Å². The van der Waals surface area contributed by atoms with E-state index in [9.17, 15) is 9.65 Å². The summed E-state index contributed by atoms with van der Waals surface area (Å²) in [5, 5.41) is 13.6. The predicted octanol–water partition coefficient (Wildman–Crippen LogP) is 4.45. The Balaban J connectivity index is 2.25. The molecule has 4 nitrogen and oxygen atoms in total. The summed E-state index contributed by atoms with van der Waals surface area (Å²) in [5.74, 6) is -0.385. The van der Waals surface area contributed by atoms with Crippen LogP contribution in [0, 0.1) is 20.7 Å². The van der Waals surface area contributed by atoms with E-state index >= 15 is 0 Å². The van der Waals surface area contributed by atoms with E-state index in [0.29, 0.717) is 5.69 Å². The minimum Gasteiger partial charge on any atom is -0.482 e. The fourth-order valence-electron chi connectivity index (χ4n) is 2.40. The zero-order valence-corrected chi connectivity index (χ0v) is 15.2. The standard InChI is InChI=1S/C16H12ClFIN3O/c1-3-16(4-5-16)23-12-6-10(17)14(18)13(9(12)7-20)15-11(19)8-21-22(15)2/h3,6,8H,1,4-5H2,2H3. The Hall–Kier alpha value is -1.59. The van der Waals surface area contributed by atoms with E-state index in [2.05, 4.69) is 11.7 Å². The van der Waals surface area contributed by atoms with Gasteiger partial charge in [0.1, 0.15) is 23.0 Å². The van der Waals surface area contributed by atoms with E-state index in [-0.39, 0.29) is 21.9 Å². The van der Waals surface area contributed by atoms with Gasteiger partial charge >= 0.3 is 0 Å². The van der Waals surface area contributed by atoms with Gasteiger partial charge in [-0.15, -0.1) is 0 Å². The average molecular weight is 444 g/mol. The Morgan fingerprint density at radius 2 is 2.30 bits per heavy atom. The third-order valence-corrected chi connectivity index (χ3v) is 4.92. The molecule has 23 heavy (non-hydrogen) atoms. The molecule has 1 heterocycles. The highest BCUT2D eigenvalue weighted by molar-refractivity contribution is 14.1. The van der Waals surface area contributed by atoms with Crippen LogP contribution in [0.2, 0.25) is 5.02 Å². The smallest absolute Gasteiger partial charge is 0.152 e. The molecule has 0 atom stereocenters. The van der Waals surface area contributed by atoms with Gasteiger partial charge in [0.15, 0.2) is 5.82 Å². The van der Waals surface area contributed by atoms with Crippen LogP contribution in [-0.2, 0) is 7.05 Å². The van der Waals surface area contributed by atoms with Gasteiger partial charge in [-0.3, -0.25) is 4.68 Å². The van der Waals surface area contributed by atoms with Gasteiger partial charge in [-0.1, -0.05) is 18.2 Å². The SMILES string of the molecule is C=CC1(Oc2cc(Cl)c(F)c(-c3c(I)cnn3C)c2C#N)CC1. The van der Waals surface area contributed by atoms with Crippen molar-refractivity contribution in [3.05, 3.63) is 44.9 Å². The molecule has 0 aliphatic heterocycles. The van der Waals surface area contributed by atoms with Gasteiger partial charge in [0, 0.05) is 13.1 Å². The maximum absolute atomic E-state index is 14.7. The summed E-state index contributed by atoms with van der Waals surface area (Å²) in [5.41, 5.74) is 0.236. The summed E-state index contributed by atoms with van der Waals surface area (Å²) < 4.78 is 22.8. The Labute approximate surface area is 151 Å². The van der Waals surface area contributed by atoms with E-state index < -0.39 is 11.4 Å². The first-order valence-corrected chi connectivity index (χ1v) is 8.30. The monoisotopic (exact) mass is 443 g/mol. The molecular weight excluding hydrogens is 432 g/mol. The minimum absolute atomic E-state index is 0.0918. The molecule has 118 valence electrons. The topological polar surface area (TPSA) is 50.8 Å². The second kappa shape index (κ2) is 5.80. The number of aryl methyl sites for hydroxylation is 1. The van der Waals surface area contributed by atoms with Crippen LogP contribution in [0.1, 0.15) is 18.4 Å². The molecule has 1 aliphatic rings. The van der Waals surface area contributed by atoms with Crippen LogP contribution in [0.15, 0.2) is 24.9 Å². The van der Waals surface area contributed by atoms with Gasteiger partial charge in [-0.05, 0) is 41.5 Å². The summed E-state index contributed by atoms with van der Waals surface area (Å²) in [6.45, 7) is 3.76. The molecule has 0 saturated heterocycles. The molecule has 1 fully saturated rings. The molecule has 0 unspecified atom stereocenters. The molecule has 2 aromatic rings. The maximum atomic E-state index is 14.7. The number of aromatic nitrogens is 2. The first kappa shape index (κ1) is 16.3. The number of benzene rings is 1. The van der Waals surface area contributed by atoms with Gasteiger partial charge in [0.2, 0.25) is 0 Å². The molecule has 1 aliphatic carbocycles. The Kier molecular flexibility index (Phi) is 4.10. The quantitative estimate of drug-likeness (QED) is 0.518. The minimum atomic E-state index is -0.652. The van der Waals surface area contributed by atoms with Gasteiger partial charge in [0.25, 0.3) is 0 Å². The molecule has 1 saturated carbocycles. The second-order valence-electron chi connectivity index (χ2n) is 5.37. The number of rotatable bonds is 4. The zero-order chi connectivity index (χ0) is 16.8. The van der Waals surface area contributed by atoms with Crippen LogP contribution in [0.5, 0.6) is 5.75 Å². The largest absolute Gasteiger partial charge is 0.482 e. The van der Waals surface area contributed by atoms with Gasteiger partial charge < -0.3 is 4.74 Å². The molecule has 0 radical (unpaired) electrons. The first-order chi connectivity index (χ1) is 10.9. The fourth-order valence-corrected chi connectivity index (χ4v) is 3.34. The molecule has 7 heteroatoms. The lowest BCUT2D eigenvalue weighted by atomic mass is 10.0. The summed E-state index contributed by atoms with van der Waals surface area (Å²) in [6.07, 6.45) is 4.94. The van der Waals surface area contributed by atoms with E-state index in [1.807, 2.05) is 28.7 Å². The first-order valence-electron chi connectivity index (χ1n) is 6.85. The molecule has 0 bridgehead atoms. The average Bonchev–Trinajstić information content (AvgIpc) is 3.23. The van der Waals surface area contributed by atoms with Gasteiger partial charge in [-0.25, -0.2) is 4.39 Å². The van der Waals surface area contributed by atoms with Crippen molar-refractivity contribution >= 4 is 34.2 Å². The summed E-state index contributed by atoms with van der Waals surface area (Å²) >= 11 is 8.09. The number of nitriles is 1. The summed E-state index contributed by atoms with van der Waals surface area (Å²) in [6, 6.07) is 3.40. The number of hydrogen-bond acceptors (Lipinski definition) is 3. The van der Waals surface area contributed by atoms with Crippen molar-refractivity contribution in [2.45, 2.75) is 18.4 Å². The third-order valence-electron chi connectivity index (χ3n) is 3.85. The Morgan fingerprint density at radius 3 is 2.78 bits per heavy atom. The van der Waals surface area contributed by atoms with Crippen LogP contribution in [0.3, 0.4) is 0 Å². The molecule has 0 amide bonds. The number of hydrogen-bond donors (Lipinski definition) is 0. The van der Waals surface area contributed by atoms with Crippen molar-refractivity contribution in [1.82, 2.24) is 9.78 Å². The highest BCUT2D eigenvalue weighted by atomic mass is 127. The normalized spacial score (nSPS) is 15.1. The van der Waals surface area contributed by atoms with Crippen molar-refractivity contribution in [3.63, 3.8) is 0 Å². The van der Waals surface area contributed by atoms with Crippen molar-refractivity contribution in [1.29, 1.82) is 5.26 Å². The maximum Gasteiger partial charge on any atom is 0.152 e. The lowest BCUT2D eigenvalue weighted by Gasteiger charge is -2.18. The molecule has 0 spiro atoms. The molecule has 0 N–H and O–H groups in total. The highest BCUT2D eigenvalue weighted by Gasteiger charge is 2.43. The number of ether oxygens (including phenoxy) is 1. The second-order valence-corrected chi connectivity index (χ2v) is 6.94. The van der Waals surface area contributed by atoms with E-state index in [1.54, 1.807) is 19.3 Å². The van der Waals surface area contributed by atoms with Crippen molar-refractivity contribution in [3.8, 4) is 23.1 Å². The predicted molar refractivity (Wildman–Crippen MR) is 93.8 cm³/mol. The highest BCUT2D eigenvalue weighted by Crippen LogP contribution is 2.45. The van der Waals surface area contributed by atoms with E-state index in [1.165, 1.54) is 10.7 Å². The van der Waals surface area contributed by atoms with Crippen molar-refractivity contribution in [2.75, 3.05) is 0 Å². The molecule has 1 aromatic carbocycles. The zero-order valence-electron chi connectivity index (χ0n) is 12.2. The van der Waals surface area contributed by atoms with Crippen LogP contribution < -0.4 is 4.74 Å². The molecule has 1 aromatic heterocycles. The van der Waals surface area contributed by atoms with Gasteiger partial charge in [0.05, 0.1) is 26.0 Å².